The molecule has 0 spiro atoms. The molecule has 2 nitrogen and oxygen atoms in total. The monoisotopic (exact) mass is 144 g/mol. The van der Waals surface area contributed by atoms with E-state index >= 15 is 0 Å². The molecule has 0 bridgehead atoms. The quantitative estimate of drug-likeness (QED) is 0.598. The number of nitrogens with one attached hydrogen (secondary N) is 1. The van der Waals surface area contributed by atoms with Crippen LogP contribution in [0, 0.1) is 6.54 Å². The van der Waals surface area contributed by atoms with Crippen molar-refractivity contribution in [2.24, 2.45) is 0 Å². The molecule has 0 aliphatic carbocycles. The zero-order chi connectivity index (χ0) is 8.04. The van der Waals surface area contributed by atoms with Gasteiger partial charge in [-0.15, -0.1) is 0 Å². The smallest absolute Gasteiger partial charge is 0.0840 e. The summed E-state index contributed by atoms with van der Waals surface area (Å²) >= 11 is 0. The third kappa shape index (κ3) is 4.77. The normalized spacial score (nSPS) is 12.0. The number of hydrogen-bond acceptors (Lipinski definition) is 2. The van der Waals surface area contributed by atoms with Gasteiger partial charge in [-0.2, -0.15) is 5.48 Å². The van der Waals surface area contributed by atoms with Crippen LogP contribution in [0.15, 0.2) is 0 Å². The molecule has 1 radical (unpaired) electrons. The number of hydroxylamine groups is 1. The van der Waals surface area contributed by atoms with E-state index in [2.05, 4.69) is 26.3 Å². The summed E-state index contributed by atoms with van der Waals surface area (Å²) in [5.74, 6) is 0. The van der Waals surface area contributed by atoms with Crippen LogP contribution in [0.5, 0.6) is 0 Å². The van der Waals surface area contributed by atoms with Crippen molar-refractivity contribution in [3.8, 4) is 0 Å². The lowest BCUT2D eigenvalue weighted by Gasteiger charge is -2.23. The molecule has 0 aromatic rings. The Morgan fingerprint density at radius 2 is 2.10 bits per heavy atom. The Bertz CT molecular complexity index is 81.3. The summed E-state index contributed by atoms with van der Waals surface area (Å²) in [5, 5.41) is 0. The molecule has 10 heavy (non-hydrogen) atoms. The molecule has 0 saturated carbocycles. The molecule has 0 rings (SSSR count). The first-order valence-electron chi connectivity index (χ1n) is 3.83. The van der Waals surface area contributed by atoms with Crippen molar-refractivity contribution in [2.75, 3.05) is 0 Å². The Morgan fingerprint density at radius 3 is 2.50 bits per heavy atom. The summed E-state index contributed by atoms with van der Waals surface area (Å²) in [5.41, 5.74) is 2.71. The highest BCUT2D eigenvalue weighted by atomic mass is 16.7. The Balaban J connectivity index is 3.42. The fourth-order valence-electron chi connectivity index (χ4n) is 0.872. The Kier molecular flexibility index (Phi) is 4.65. The van der Waals surface area contributed by atoms with Crippen LogP contribution in [0.3, 0.4) is 0 Å². The molecule has 0 aromatic carbocycles. The van der Waals surface area contributed by atoms with Gasteiger partial charge in [0.05, 0.1) is 5.60 Å². The average molecular weight is 144 g/mol. The maximum absolute atomic E-state index is 5.31. The van der Waals surface area contributed by atoms with Gasteiger partial charge in [0, 0.05) is 6.54 Å². The van der Waals surface area contributed by atoms with Crippen molar-refractivity contribution in [3.63, 3.8) is 0 Å². The van der Waals surface area contributed by atoms with E-state index < -0.39 is 0 Å². The van der Waals surface area contributed by atoms with E-state index in [1.807, 2.05) is 6.92 Å². The zero-order valence-corrected chi connectivity index (χ0v) is 7.40. The van der Waals surface area contributed by atoms with Crippen molar-refractivity contribution in [3.05, 3.63) is 6.54 Å². The standard InChI is InChI=1S/C8H18NO/c1-5-7-8(3,4)10-9-6-2/h6,9H,5,7H2,1-4H3. The van der Waals surface area contributed by atoms with Gasteiger partial charge in [-0.05, 0) is 27.2 Å². The van der Waals surface area contributed by atoms with Crippen LogP contribution in [-0.2, 0) is 4.84 Å². The Labute approximate surface area is 63.9 Å². The highest BCUT2D eigenvalue weighted by molar-refractivity contribution is 4.66. The van der Waals surface area contributed by atoms with Crippen molar-refractivity contribution in [1.82, 2.24) is 5.48 Å². The van der Waals surface area contributed by atoms with Gasteiger partial charge < -0.3 is 0 Å². The summed E-state index contributed by atoms with van der Waals surface area (Å²) in [6.45, 7) is 10.0. The van der Waals surface area contributed by atoms with Crippen LogP contribution in [0.25, 0.3) is 0 Å². The van der Waals surface area contributed by atoms with Gasteiger partial charge >= 0.3 is 0 Å². The van der Waals surface area contributed by atoms with Crippen LogP contribution in [0.4, 0.5) is 0 Å². The first kappa shape index (κ1) is 9.92. The summed E-state index contributed by atoms with van der Waals surface area (Å²) in [6, 6.07) is 0. The molecule has 61 valence electrons. The van der Waals surface area contributed by atoms with Gasteiger partial charge in [0.2, 0.25) is 0 Å². The van der Waals surface area contributed by atoms with Gasteiger partial charge in [-0.3, -0.25) is 4.84 Å². The summed E-state index contributed by atoms with van der Waals surface area (Å²) in [6.07, 6.45) is 2.23. The highest BCUT2D eigenvalue weighted by Gasteiger charge is 2.16. The predicted octanol–water partition coefficient (Wildman–Crippen LogP) is 2.27. The second kappa shape index (κ2) is 4.69. The minimum absolute atomic E-state index is 0.0404. The van der Waals surface area contributed by atoms with Crippen LogP contribution in [-0.4, -0.2) is 5.60 Å². The van der Waals surface area contributed by atoms with Crippen molar-refractivity contribution >= 4 is 0 Å². The molecule has 0 aromatic heterocycles. The van der Waals surface area contributed by atoms with E-state index in [9.17, 15) is 0 Å². The molecule has 0 unspecified atom stereocenters. The lowest BCUT2D eigenvalue weighted by molar-refractivity contribution is -0.0770. The molecule has 2 heteroatoms. The molecule has 0 fully saturated rings. The van der Waals surface area contributed by atoms with Gasteiger partial charge in [0.25, 0.3) is 0 Å². The highest BCUT2D eigenvalue weighted by Crippen LogP contribution is 2.14. The molecule has 0 atom stereocenters. The van der Waals surface area contributed by atoms with E-state index in [0.717, 1.165) is 12.8 Å². The first-order valence-corrected chi connectivity index (χ1v) is 3.83. The van der Waals surface area contributed by atoms with Gasteiger partial charge in [-0.25, -0.2) is 0 Å². The van der Waals surface area contributed by atoms with Crippen LogP contribution < -0.4 is 5.48 Å². The Hall–Kier alpha value is -0.0800. The minimum atomic E-state index is -0.0404. The molecular formula is C8H18NO. The minimum Gasteiger partial charge on any atom is -0.295 e. The van der Waals surface area contributed by atoms with Gasteiger partial charge in [0.1, 0.15) is 0 Å². The average Bonchev–Trinajstić information content (AvgIpc) is 1.84. The molecule has 0 aliphatic rings. The summed E-state index contributed by atoms with van der Waals surface area (Å²) in [4.78, 5) is 5.31. The largest absolute Gasteiger partial charge is 0.295 e. The maximum Gasteiger partial charge on any atom is 0.0840 e. The van der Waals surface area contributed by atoms with E-state index in [4.69, 9.17) is 4.84 Å². The number of hydrogen-bond donors (Lipinski definition) is 1. The van der Waals surface area contributed by atoms with E-state index in [1.54, 1.807) is 6.54 Å². The van der Waals surface area contributed by atoms with Crippen molar-refractivity contribution in [1.29, 1.82) is 0 Å². The van der Waals surface area contributed by atoms with E-state index in [0.29, 0.717) is 0 Å². The maximum atomic E-state index is 5.31. The molecule has 0 aliphatic heterocycles. The van der Waals surface area contributed by atoms with Crippen molar-refractivity contribution in [2.45, 2.75) is 46.1 Å². The summed E-state index contributed by atoms with van der Waals surface area (Å²) < 4.78 is 0. The third-order valence-electron chi connectivity index (χ3n) is 1.31. The molecular weight excluding hydrogens is 126 g/mol. The predicted molar refractivity (Wildman–Crippen MR) is 43.2 cm³/mol. The SMILES string of the molecule is C[CH]NOC(C)(C)CCC. The summed E-state index contributed by atoms with van der Waals surface area (Å²) in [7, 11) is 0. The second-order valence-electron chi connectivity index (χ2n) is 3.02. The molecule has 0 heterocycles. The fourth-order valence-corrected chi connectivity index (χ4v) is 0.872. The van der Waals surface area contributed by atoms with Gasteiger partial charge in [-0.1, -0.05) is 13.3 Å². The molecule has 0 amide bonds. The van der Waals surface area contributed by atoms with Crippen LogP contribution >= 0.6 is 0 Å². The lowest BCUT2D eigenvalue weighted by Crippen LogP contribution is -2.30. The van der Waals surface area contributed by atoms with E-state index in [-0.39, 0.29) is 5.60 Å². The molecule has 1 N–H and O–H groups in total. The first-order chi connectivity index (χ1) is 4.62. The van der Waals surface area contributed by atoms with Gasteiger partial charge in [0.15, 0.2) is 0 Å². The topological polar surface area (TPSA) is 21.3 Å². The van der Waals surface area contributed by atoms with Crippen LogP contribution in [0.1, 0.15) is 40.5 Å². The zero-order valence-electron chi connectivity index (χ0n) is 7.40. The van der Waals surface area contributed by atoms with Crippen LogP contribution in [0.2, 0.25) is 0 Å². The fraction of sp³-hybridized carbons (Fsp3) is 0.875. The number of rotatable bonds is 5. The van der Waals surface area contributed by atoms with E-state index in [1.165, 1.54) is 0 Å². The Morgan fingerprint density at radius 1 is 1.50 bits per heavy atom. The second-order valence-corrected chi connectivity index (χ2v) is 3.02. The third-order valence-corrected chi connectivity index (χ3v) is 1.31. The molecule has 0 saturated heterocycles. The van der Waals surface area contributed by atoms with Crippen molar-refractivity contribution < 1.29 is 4.84 Å². The lowest BCUT2D eigenvalue weighted by atomic mass is 10.0.